The van der Waals surface area contributed by atoms with Gasteiger partial charge in [-0.15, -0.1) is 0 Å². The lowest BCUT2D eigenvalue weighted by molar-refractivity contribution is 0.192. The Kier molecular flexibility index (Phi) is 3.28. The highest BCUT2D eigenvalue weighted by atomic mass is 35.5. The summed E-state index contributed by atoms with van der Waals surface area (Å²) in [6.07, 6.45) is 0.905. The van der Waals surface area contributed by atoms with E-state index in [1.165, 1.54) is 0 Å². The van der Waals surface area contributed by atoms with Crippen LogP contribution in [0.2, 0.25) is 5.02 Å². The number of aromatic nitrogens is 2. The normalized spacial score (nSPS) is 18.2. The van der Waals surface area contributed by atoms with Crippen molar-refractivity contribution < 1.29 is 18.4 Å². The van der Waals surface area contributed by atoms with Gasteiger partial charge in [-0.1, -0.05) is 16.8 Å². The molecule has 3 aromatic rings. The molecule has 6 nitrogen and oxygen atoms in total. The SMILES string of the molecule is COc1cc(Cl)cc2cc(-c3nc(C4CCOC4)no3)oc12. The third-order valence-electron chi connectivity index (χ3n) is 3.71. The molecule has 22 heavy (non-hydrogen) atoms. The number of hydrogen-bond acceptors (Lipinski definition) is 6. The summed E-state index contributed by atoms with van der Waals surface area (Å²) < 4.78 is 21.7. The minimum absolute atomic E-state index is 0.186. The number of halogens is 1. The highest BCUT2D eigenvalue weighted by molar-refractivity contribution is 6.31. The second kappa shape index (κ2) is 5.30. The van der Waals surface area contributed by atoms with Gasteiger partial charge in [0.2, 0.25) is 0 Å². The number of fused-ring (bicyclic) bond motifs is 1. The van der Waals surface area contributed by atoms with E-state index in [4.69, 9.17) is 30.0 Å². The van der Waals surface area contributed by atoms with Crippen molar-refractivity contribution in [2.45, 2.75) is 12.3 Å². The molecular weight excluding hydrogens is 308 g/mol. The zero-order chi connectivity index (χ0) is 15.1. The standard InChI is InChI=1S/C15H13ClN2O4/c1-19-11-6-10(16)4-9-5-12(21-13(9)11)15-17-14(18-22-15)8-2-3-20-7-8/h4-6,8H,2-3,7H2,1H3. The second-order valence-corrected chi connectivity index (χ2v) is 5.59. The van der Waals surface area contributed by atoms with Crippen LogP contribution in [0.15, 0.2) is 27.1 Å². The molecule has 0 amide bonds. The van der Waals surface area contributed by atoms with E-state index in [9.17, 15) is 0 Å². The summed E-state index contributed by atoms with van der Waals surface area (Å²) in [5, 5.41) is 5.42. The summed E-state index contributed by atoms with van der Waals surface area (Å²) in [7, 11) is 1.57. The number of benzene rings is 1. The maximum absolute atomic E-state index is 6.06. The topological polar surface area (TPSA) is 70.5 Å². The number of rotatable bonds is 3. The van der Waals surface area contributed by atoms with Crippen molar-refractivity contribution in [1.82, 2.24) is 10.1 Å². The van der Waals surface area contributed by atoms with Crippen LogP contribution in [0.3, 0.4) is 0 Å². The van der Waals surface area contributed by atoms with Gasteiger partial charge in [0.25, 0.3) is 5.89 Å². The Bertz CT molecular complexity index is 820. The van der Waals surface area contributed by atoms with Crippen LogP contribution in [0.5, 0.6) is 5.75 Å². The largest absolute Gasteiger partial charge is 0.493 e. The molecule has 1 fully saturated rings. The van der Waals surface area contributed by atoms with Gasteiger partial charge in [-0.2, -0.15) is 4.98 Å². The highest BCUT2D eigenvalue weighted by Gasteiger charge is 2.24. The molecule has 0 spiro atoms. The fourth-order valence-electron chi connectivity index (χ4n) is 2.58. The van der Waals surface area contributed by atoms with E-state index in [0.29, 0.717) is 40.4 Å². The summed E-state index contributed by atoms with van der Waals surface area (Å²) in [6.45, 7) is 1.36. The fourth-order valence-corrected chi connectivity index (χ4v) is 2.80. The zero-order valence-corrected chi connectivity index (χ0v) is 12.6. The predicted molar refractivity (Wildman–Crippen MR) is 79.2 cm³/mol. The number of ether oxygens (including phenoxy) is 2. The van der Waals surface area contributed by atoms with E-state index < -0.39 is 0 Å². The lowest BCUT2D eigenvalue weighted by Crippen LogP contribution is -1.99. The first-order valence-electron chi connectivity index (χ1n) is 6.93. The molecule has 0 saturated carbocycles. The van der Waals surface area contributed by atoms with Gasteiger partial charge < -0.3 is 18.4 Å². The summed E-state index contributed by atoms with van der Waals surface area (Å²) in [5.74, 6) is 2.24. The van der Waals surface area contributed by atoms with E-state index in [-0.39, 0.29) is 5.92 Å². The lowest BCUT2D eigenvalue weighted by atomic mass is 10.1. The van der Waals surface area contributed by atoms with Crippen LogP contribution in [-0.4, -0.2) is 30.5 Å². The third-order valence-corrected chi connectivity index (χ3v) is 3.93. The summed E-state index contributed by atoms with van der Waals surface area (Å²) in [5.41, 5.74) is 0.603. The molecule has 0 N–H and O–H groups in total. The van der Waals surface area contributed by atoms with E-state index in [0.717, 1.165) is 18.4 Å². The van der Waals surface area contributed by atoms with Gasteiger partial charge >= 0.3 is 0 Å². The van der Waals surface area contributed by atoms with Crippen molar-refractivity contribution >= 4 is 22.6 Å². The number of furan rings is 1. The maximum atomic E-state index is 6.06. The minimum atomic E-state index is 0.186. The van der Waals surface area contributed by atoms with Crippen LogP contribution >= 0.6 is 11.6 Å². The van der Waals surface area contributed by atoms with Crippen molar-refractivity contribution in [2.75, 3.05) is 20.3 Å². The monoisotopic (exact) mass is 320 g/mol. The van der Waals surface area contributed by atoms with Gasteiger partial charge in [-0.3, -0.25) is 0 Å². The quantitative estimate of drug-likeness (QED) is 0.733. The van der Waals surface area contributed by atoms with Crippen LogP contribution in [0.4, 0.5) is 0 Å². The van der Waals surface area contributed by atoms with Crippen molar-refractivity contribution in [2.24, 2.45) is 0 Å². The van der Waals surface area contributed by atoms with Gasteiger partial charge in [0.15, 0.2) is 22.9 Å². The Morgan fingerprint density at radius 2 is 2.23 bits per heavy atom. The van der Waals surface area contributed by atoms with Crippen LogP contribution in [0, 0.1) is 0 Å². The maximum Gasteiger partial charge on any atom is 0.293 e. The summed E-state index contributed by atoms with van der Waals surface area (Å²) >= 11 is 6.06. The van der Waals surface area contributed by atoms with Crippen LogP contribution in [0.25, 0.3) is 22.6 Å². The number of methoxy groups -OCH3 is 1. The molecule has 1 saturated heterocycles. The Balaban J connectivity index is 1.74. The molecule has 3 heterocycles. The molecule has 1 atom stereocenters. The van der Waals surface area contributed by atoms with E-state index >= 15 is 0 Å². The molecule has 0 radical (unpaired) electrons. The molecule has 2 aromatic heterocycles. The number of hydrogen-bond donors (Lipinski definition) is 0. The fraction of sp³-hybridized carbons (Fsp3) is 0.333. The molecule has 114 valence electrons. The lowest BCUT2D eigenvalue weighted by Gasteiger charge is -2.00. The van der Waals surface area contributed by atoms with Crippen molar-refractivity contribution in [3.63, 3.8) is 0 Å². The number of nitrogens with zero attached hydrogens (tertiary/aromatic N) is 2. The average Bonchev–Trinajstić information content (AvgIpc) is 3.23. The predicted octanol–water partition coefficient (Wildman–Crippen LogP) is 3.65. The second-order valence-electron chi connectivity index (χ2n) is 5.16. The highest BCUT2D eigenvalue weighted by Crippen LogP contribution is 2.36. The molecule has 4 rings (SSSR count). The molecule has 0 bridgehead atoms. The van der Waals surface area contributed by atoms with Gasteiger partial charge in [0.05, 0.1) is 13.7 Å². The Morgan fingerprint density at radius 1 is 1.32 bits per heavy atom. The van der Waals surface area contributed by atoms with E-state index in [2.05, 4.69) is 10.1 Å². The molecule has 1 aliphatic rings. The Hall–Kier alpha value is -2.05. The van der Waals surface area contributed by atoms with Crippen molar-refractivity contribution in [3.05, 3.63) is 29.0 Å². The molecule has 1 aliphatic heterocycles. The van der Waals surface area contributed by atoms with Gasteiger partial charge in [-0.05, 0) is 18.6 Å². The van der Waals surface area contributed by atoms with Crippen LogP contribution < -0.4 is 4.74 Å². The van der Waals surface area contributed by atoms with Crippen molar-refractivity contribution in [1.29, 1.82) is 0 Å². The Morgan fingerprint density at radius 3 is 3.00 bits per heavy atom. The van der Waals surface area contributed by atoms with Crippen molar-refractivity contribution in [3.8, 4) is 17.4 Å². The smallest absolute Gasteiger partial charge is 0.293 e. The van der Waals surface area contributed by atoms with Crippen LogP contribution in [-0.2, 0) is 4.74 Å². The first-order valence-corrected chi connectivity index (χ1v) is 7.31. The average molecular weight is 321 g/mol. The van der Waals surface area contributed by atoms with E-state index in [1.54, 1.807) is 19.2 Å². The van der Waals surface area contributed by atoms with Gasteiger partial charge in [0.1, 0.15) is 0 Å². The summed E-state index contributed by atoms with van der Waals surface area (Å²) in [4.78, 5) is 4.41. The van der Waals surface area contributed by atoms with Gasteiger partial charge in [0, 0.05) is 29.0 Å². The molecule has 7 heteroatoms. The molecule has 1 aromatic carbocycles. The summed E-state index contributed by atoms with van der Waals surface area (Å²) in [6, 6.07) is 5.31. The molecule has 1 unspecified atom stereocenters. The van der Waals surface area contributed by atoms with Crippen LogP contribution in [0.1, 0.15) is 18.2 Å². The minimum Gasteiger partial charge on any atom is -0.493 e. The first kappa shape index (κ1) is 13.6. The van der Waals surface area contributed by atoms with Gasteiger partial charge in [-0.25, -0.2) is 0 Å². The zero-order valence-electron chi connectivity index (χ0n) is 11.8. The Labute approximate surface area is 130 Å². The third kappa shape index (κ3) is 2.24. The molecule has 0 aliphatic carbocycles. The molecular formula is C15H13ClN2O4. The van der Waals surface area contributed by atoms with E-state index in [1.807, 2.05) is 6.07 Å². The first-order chi connectivity index (χ1) is 10.7.